The number of carboxylic acid groups (broad SMARTS) is 1. The first-order valence-electron chi connectivity index (χ1n) is 7.48. The highest BCUT2D eigenvalue weighted by atomic mass is 32.1. The molecule has 1 saturated carbocycles. The first kappa shape index (κ1) is 14.3. The third-order valence-corrected chi connectivity index (χ3v) is 5.56. The Labute approximate surface area is 128 Å². The summed E-state index contributed by atoms with van der Waals surface area (Å²) in [6, 6.07) is 9.62. The standard InChI is InChI=1S/C17H19NO2S/c1-2-11-8-9-13(10-11)16-18-14(15(21-16)17(19)20)12-6-4-3-5-7-12/h3-7,11,13H,2,8-10H2,1H3,(H,19,20). The van der Waals surface area contributed by atoms with Crippen LogP contribution >= 0.6 is 11.3 Å². The summed E-state index contributed by atoms with van der Waals surface area (Å²) in [6.07, 6.45) is 4.74. The average molecular weight is 301 g/mol. The first-order valence-corrected chi connectivity index (χ1v) is 8.30. The van der Waals surface area contributed by atoms with Gasteiger partial charge in [0.05, 0.1) is 10.7 Å². The normalized spacial score (nSPS) is 21.6. The second kappa shape index (κ2) is 5.98. The maximum Gasteiger partial charge on any atom is 0.348 e. The second-order valence-electron chi connectivity index (χ2n) is 5.69. The van der Waals surface area contributed by atoms with Crippen LogP contribution in [0.1, 0.15) is 53.2 Å². The number of nitrogens with zero attached hydrogens (tertiary/aromatic N) is 1. The summed E-state index contributed by atoms with van der Waals surface area (Å²) in [4.78, 5) is 16.6. The number of benzene rings is 1. The van der Waals surface area contributed by atoms with Crippen LogP contribution in [-0.4, -0.2) is 16.1 Å². The van der Waals surface area contributed by atoms with Crippen molar-refractivity contribution in [3.63, 3.8) is 0 Å². The van der Waals surface area contributed by atoms with Crippen molar-refractivity contribution in [2.75, 3.05) is 0 Å². The van der Waals surface area contributed by atoms with Gasteiger partial charge in [0.15, 0.2) is 0 Å². The van der Waals surface area contributed by atoms with Crippen LogP contribution < -0.4 is 0 Å². The van der Waals surface area contributed by atoms with Gasteiger partial charge >= 0.3 is 5.97 Å². The minimum absolute atomic E-state index is 0.371. The Morgan fingerprint density at radius 1 is 1.33 bits per heavy atom. The topological polar surface area (TPSA) is 50.2 Å². The van der Waals surface area contributed by atoms with E-state index in [0.717, 1.165) is 29.3 Å². The van der Waals surface area contributed by atoms with Gasteiger partial charge in [-0.25, -0.2) is 9.78 Å². The van der Waals surface area contributed by atoms with E-state index in [1.54, 1.807) is 0 Å². The Balaban J connectivity index is 1.96. The minimum atomic E-state index is -0.873. The van der Waals surface area contributed by atoms with Gasteiger partial charge in [-0.1, -0.05) is 43.7 Å². The summed E-state index contributed by atoms with van der Waals surface area (Å²) in [5.41, 5.74) is 1.52. The van der Waals surface area contributed by atoms with Crippen LogP contribution in [0.5, 0.6) is 0 Å². The number of hydrogen-bond acceptors (Lipinski definition) is 3. The number of carbonyl (C=O) groups is 1. The van der Waals surface area contributed by atoms with Crippen molar-refractivity contribution in [2.24, 2.45) is 5.92 Å². The fourth-order valence-corrected chi connectivity index (χ4v) is 4.19. The molecule has 2 aromatic rings. The summed E-state index contributed by atoms with van der Waals surface area (Å²) in [5, 5.41) is 10.5. The van der Waals surface area contributed by atoms with Crippen molar-refractivity contribution in [3.05, 3.63) is 40.2 Å². The third-order valence-electron chi connectivity index (χ3n) is 4.35. The van der Waals surface area contributed by atoms with Crippen LogP contribution in [0.25, 0.3) is 11.3 Å². The van der Waals surface area contributed by atoms with Crippen LogP contribution in [-0.2, 0) is 0 Å². The summed E-state index contributed by atoms with van der Waals surface area (Å²) >= 11 is 1.36. The zero-order valence-electron chi connectivity index (χ0n) is 12.1. The lowest BCUT2D eigenvalue weighted by atomic mass is 10.0. The molecule has 1 aliphatic carbocycles. The number of hydrogen-bond donors (Lipinski definition) is 1. The molecule has 110 valence electrons. The molecule has 0 aliphatic heterocycles. The van der Waals surface area contributed by atoms with Crippen LogP contribution in [0.15, 0.2) is 30.3 Å². The Hall–Kier alpha value is -1.68. The van der Waals surface area contributed by atoms with E-state index >= 15 is 0 Å². The molecule has 2 atom stereocenters. The van der Waals surface area contributed by atoms with E-state index in [2.05, 4.69) is 6.92 Å². The molecule has 1 aliphatic rings. The van der Waals surface area contributed by atoms with Crippen molar-refractivity contribution >= 4 is 17.3 Å². The predicted octanol–water partition coefficient (Wildman–Crippen LogP) is 4.80. The average Bonchev–Trinajstić information content (AvgIpc) is 3.14. The predicted molar refractivity (Wildman–Crippen MR) is 84.9 cm³/mol. The zero-order valence-corrected chi connectivity index (χ0v) is 12.9. The molecule has 0 saturated heterocycles. The fourth-order valence-electron chi connectivity index (χ4n) is 3.12. The van der Waals surface area contributed by atoms with Crippen LogP contribution in [0, 0.1) is 5.92 Å². The van der Waals surface area contributed by atoms with Crippen molar-refractivity contribution in [3.8, 4) is 11.3 Å². The molecule has 3 rings (SSSR count). The van der Waals surface area contributed by atoms with Gasteiger partial charge in [-0.3, -0.25) is 0 Å². The van der Waals surface area contributed by atoms with E-state index in [0.29, 0.717) is 16.5 Å². The van der Waals surface area contributed by atoms with Gasteiger partial charge in [0.25, 0.3) is 0 Å². The Morgan fingerprint density at radius 3 is 2.71 bits per heavy atom. The molecular weight excluding hydrogens is 282 g/mol. The molecule has 3 nitrogen and oxygen atoms in total. The molecule has 1 fully saturated rings. The molecule has 1 N–H and O–H groups in total. The van der Waals surface area contributed by atoms with E-state index in [1.165, 1.54) is 24.2 Å². The van der Waals surface area contributed by atoms with E-state index < -0.39 is 5.97 Å². The molecule has 21 heavy (non-hydrogen) atoms. The van der Waals surface area contributed by atoms with Crippen molar-refractivity contribution < 1.29 is 9.90 Å². The van der Waals surface area contributed by atoms with Crippen LogP contribution in [0.3, 0.4) is 0 Å². The lowest BCUT2D eigenvalue weighted by Gasteiger charge is -2.06. The highest BCUT2D eigenvalue weighted by Gasteiger charge is 2.29. The van der Waals surface area contributed by atoms with Crippen molar-refractivity contribution in [1.29, 1.82) is 0 Å². The maximum absolute atomic E-state index is 11.5. The molecule has 2 unspecified atom stereocenters. The minimum Gasteiger partial charge on any atom is -0.477 e. The quantitative estimate of drug-likeness (QED) is 0.882. The lowest BCUT2D eigenvalue weighted by Crippen LogP contribution is -1.95. The zero-order chi connectivity index (χ0) is 14.8. The van der Waals surface area contributed by atoms with E-state index in [4.69, 9.17) is 4.98 Å². The number of thiazole rings is 1. The number of carboxylic acids is 1. The molecular formula is C17H19NO2S. The molecule has 1 aromatic carbocycles. The fraction of sp³-hybridized carbons (Fsp3) is 0.412. The molecule has 0 bridgehead atoms. The van der Waals surface area contributed by atoms with E-state index in [1.807, 2.05) is 30.3 Å². The van der Waals surface area contributed by atoms with Crippen molar-refractivity contribution in [1.82, 2.24) is 4.98 Å². The molecule has 1 aromatic heterocycles. The van der Waals surface area contributed by atoms with Gasteiger partial charge in [-0.2, -0.15) is 0 Å². The third kappa shape index (κ3) is 2.86. The summed E-state index contributed by atoms with van der Waals surface area (Å²) in [7, 11) is 0. The second-order valence-corrected chi connectivity index (χ2v) is 6.72. The Bertz CT molecular complexity index is 635. The number of aromatic carboxylic acids is 1. The van der Waals surface area contributed by atoms with Gasteiger partial charge in [0.2, 0.25) is 0 Å². The molecule has 0 radical (unpaired) electrons. The largest absolute Gasteiger partial charge is 0.477 e. The SMILES string of the molecule is CCC1CCC(c2nc(-c3ccccc3)c(C(=O)O)s2)C1. The van der Waals surface area contributed by atoms with Gasteiger partial charge in [-0.15, -0.1) is 11.3 Å². The summed E-state index contributed by atoms with van der Waals surface area (Å²) in [6.45, 7) is 2.23. The summed E-state index contributed by atoms with van der Waals surface area (Å²) in [5.74, 6) is 0.338. The van der Waals surface area contributed by atoms with Crippen LogP contribution in [0.4, 0.5) is 0 Å². The smallest absolute Gasteiger partial charge is 0.348 e. The maximum atomic E-state index is 11.5. The monoisotopic (exact) mass is 301 g/mol. The Morgan fingerprint density at radius 2 is 2.10 bits per heavy atom. The van der Waals surface area contributed by atoms with Gasteiger partial charge in [0.1, 0.15) is 4.88 Å². The van der Waals surface area contributed by atoms with E-state index in [-0.39, 0.29) is 0 Å². The van der Waals surface area contributed by atoms with E-state index in [9.17, 15) is 9.90 Å². The number of aromatic nitrogens is 1. The highest BCUT2D eigenvalue weighted by Crippen LogP contribution is 2.42. The molecule has 0 amide bonds. The molecule has 0 spiro atoms. The lowest BCUT2D eigenvalue weighted by molar-refractivity contribution is 0.0702. The molecule has 4 heteroatoms. The summed E-state index contributed by atoms with van der Waals surface area (Å²) < 4.78 is 0. The first-order chi connectivity index (χ1) is 10.2. The Kier molecular flexibility index (Phi) is 4.06. The molecule has 1 heterocycles. The van der Waals surface area contributed by atoms with Gasteiger partial charge in [-0.05, 0) is 25.2 Å². The van der Waals surface area contributed by atoms with Crippen molar-refractivity contribution in [2.45, 2.75) is 38.5 Å². The van der Waals surface area contributed by atoms with Gasteiger partial charge < -0.3 is 5.11 Å². The number of rotatable bonds is 4. The highest BCUT2D eigenvalue weighted by molar-refractivity contribution is 7.14. The van der Waals surface area contributed by atoms with Crippen LogP contribution in [0.2, 0.25) is 0 Å². The van der Waals surface area contributed by atoms with Gasteiger partial charge in [0, 0.05) is 11.5 Å².